The summed E-state index contributed by atoms with van der Waals surface area (Å²) in [4.78, 5) is 13.5. The normalized spacial score (nSPS) is 19.4. The van der Waals surface area contributed by atoms with Crippen molar-refractivity contribution in [2.24, 2.45) is 0 Å². The predicted molar refractivity (Wildman–Crippen MR) is 80.3 cm³/mol. The Morgan fingerprint density at radius 2 is 2.26 bits per heavy atom. The van der Waals surface area contributed by atoms with E-state index in [4.69, 9.17) is 16.3 Å². The molecule has 0 saturated heterocycles. The lowest BCUT2D eigenvalue weighted by Crippen LogP contribution is -2.35. The van der Waals surface area contributed by atoms with E-state index in [1.807, 2.05) is 31.2 Å². The Labute approximate surface area is 126 Å². The minimum absolute atomic E-state index is 0.0695. The smallest absolute Gasteiger partial charge is 0.245 e. The van der Waals surface area contributed by atoms with Gasteiger partial charge in [-0.05, 0) is 47.5 Å². The van der Waals surface area contributed by atoms with Gasteiger partial charge in [-0.25, -0.2) is 0 Å². The molecule has 1 heterocycles. The van der Waals surface area contributed by atoms with Crippen molar-refractivity contribution in [1.82, 2.24) is 4.90 Å². The van der Waals surface area contributed by atoms with Crippen LogP contribution in [0.1, 0.15) is 18.9 Å². The number of amides is 1. The number of allylic oxidation sites excluding steroid dienone is 1. The van der Waals surface area contributed by atoms with E-state index in [2.05, 4.69) is 15.9 Å². The molecule has 1 aliphatic rings. The van der Waals surface area contributed by atoms with Gasteiger partial charge < -0.3 is 9.64 Å². The van der Waals surface area contributed by atoms with Crippen molar-refractivity contribution in [2.75, 3.05) is 13.7 Å². The molecule has 0 saturated carbocycles. The molecule has 19 heavy (non-hydrogen) atoms. The van der Waals surface area contributed by atoms with E-state index in [0.717, 1.165) is 21.5 Å². The summed E-state index contributed by atoms with van der Waals surface area (Å²) in [5, 5.41) is -0.463. The molecule has 1 aromatic rings. The van der Waals surface area contributed by atoms with Crippen molar-refractivity contribution < 1.29 is 9.53 Å². The number of hydrogen-bond acceptors (Lipinski definition) is 2. The van der Waals surface area contributed by atoms with Gasteiger partial charge in [-0.3, -0.25) is 4.79 Å². The topological polar surface area (TPSA) is 29.5 Å². The Kier molecular flexibility index (Phi) is 4.53. The highest BCUT2D eigenvalue weighted by Crippen LogP contribution is 2.33. The highest BCUT2D eigenvalue weighted by atomic mass is 79.9. The molecule has 1 aliphatic heterocycles. The monoisotopic (exact) mass is 343 g/mol. The molecule has 3 nitrogen and oxygen atoms in total. The van der Waals surface area contributed by atoms with Gasteiger partial charge in [-0.1, -0.05) is 6.08 Å². The van der Waals surface area contributed by atoms with Crippen LogP contribution < -0.4 is 4.74 Å². The van der Waals surface area contributed by atoms with Crippen LogP contribution in [0.2, 0.25) is 0 Å². The number of halogens is 2. The third-order valence-corrected chi connectivity index (χ3v) is 4.03. The second kappa shape index (κ2) is 5.97. The van der Waals surface area contributed by atoms with Gasteiger partial charge in [0.2, 0.25) is 5.91 Å². The number of hydrogen-bond donors (Lipinski definition) is 0. The number of carbonyl (C=O) groups is 1. The first-order valence-corrected chi connectivity index (χ1v) is 7.32. The third-order valence-electron chi connectivity index (χ3n) is 3.01. The molecule has 5 heteroatoms. The molecular formula is C14H15BrClNO2. The van der Waals surface area contributed by atoms with Crippen LogP contribution in [-0.4, -0.2) is 29.8 Å². The van der Waals surface area contributed by atoms with Crippen molar-refractivity contribution in [3.8, 4) is 5.75 Å². The fourth-order valence-electron chi connectivity index (χ4n) is 2.03. The molecule has 0 radical (unpaired) electrons. The zero-order chi connectivity index (χ0) is 14.0. The van der Waals surface area contributed by atoms with Gasteiger partial charge in [0, 0.05) is 22.8 Å². The Balaban J connectivity index is 2.34. The predicted octanol–water partition coefficient (Wildman–Crippen LogP) is 3.66. The fraction of sp³-hybridized carbons (Fsp3) is 0.357. The molecule has 0 bridgehead atoms. The standard InChI is InChI=1S/C14H15BrClNO2/c1-3-19-9-4-5-10(11(15)8-9)13-7-6-12(16)14(18)17(13)2/h4-5,7-8,12H,3,6H2,1-2H3. The SMILES string of the molecule is CCOc1ccc(C2=CCC(Cl)C(=O)N2C)c(Br)c1. The Hall–Kier alpha value is -1.00. The number of nitrogens with zero attached hydrogens (tertiary/aromatic N) is 1. The summed E-state index contributed by atoms with van der Waals surface area (Å²) in [5.74, 6) is 0.735. The minimum atomic E-state index is -0.463. The zero-order valence-corrected chi connectivity index (χ0v) is 13.2. The summed E-state index contributed by atoms with van der Waals surface area (Å²) in [6.07, 6.45) is 2.54. The molecule has 0 N–H and O–H groups in total. The van der Waals surface area contributed by atoms with E-state index >= 15 is 0 Å². The maximum absolute atomic E-state index is 11.9. The molecule has 0 spiro atoms. The van der Waals surface area contributed by atoms with Crippen molar-refractivity contribution in [3.05, 3.63) is 34.3 Å². The Morgan fingerprint density at radius 1 is 1.53 bits per heavy atom. The highest BCUT2D eigenvalue weighted by Gasteiger charge is 2.27. The first-order chi connectivity index (χ1) is 9.04. The van der Waals surface area contributed by atoms with E-state index in [1.165, 1.54) is 0 Å². The number of ether oxygens (including phenoxy) is 1. The van der Waals surface area contributed by atoms with Crippen molar-refractivity contribution in [3.63, 3.8) is 0 Å². The van der Waals surface area contributed by atoms with Crippen LogP contribution in [0.5, 0.6) is 5.75 Å². The largest absolute Gasteiger partial charge is 0.494 e. The maximum Gasteiger partial charge on any atom is 0.245 e. The highest BCUT2D eigenvalue weighted by molar-refractivity contribution is 9.10. The molecule has 1 aromatic carbocycles. The number of alkyl halides is 1. The van der Waals surface area contributed by atoms with Crippen LogP contribution in [0.25, 0.3) is 5.70 Å². The van der Waals surface area contributed by atoms with Crippen LogP contribution in [-0.2, 0) is 4.79 Å². The molecule has 2 rings (SSSR count). The lowest BCUT2D eigenvalue weighted by Gasteiger charge is -2.28. The number of rotatable bonds is 3. The number of carbonyl (C=O) groups excluding carboxylic acids is 1. The molecule has 1 atom stereocenters. The molecule has 102 valence electrons. The van der Waals surface area contributed by atoms with Crippen LogP contribution in [0, 0.1) is 0 Å². The van der Waals surface area contributed by atoms with Crippen LogP contribution >= 0.6 is 27.5 Å². The summed E-state index contributed by atoms with van der Waals surface area (Å²) >= 11 is 9.48. The maximum atomic E-state index is 11.9. The second-order valence-electron chi connectivity index (χ2n) is 4.26. The summed E-state index contributed by atoms with van der Waals surface area (Å²) < 4.78 is 6.34. The van der Waals surface area contributed by atoms with Gasteiger partial charge in [0.25, 0.3) is 0 Å². The number of benzene rings is 1. The van der Waals surface area contributed by atoms with Gasteiger partial charge in [0.15, 0.2) is 0 Å². The lowest BCUT2D eigenvalue weighted by atomic mass is 10.0. The van der Waals surface area contributed by atoms with E-state index in [9.17, 15) is 4.79 Å². The molecule has 0 aromatic heterocycles. The van der Waals surface area contributed by atoms with E-state index in [0.29, 0.717) is 13.0 Å². The third kappa shape index (κ3) is 2.95. The molecule has 1 amide bonds. The van der Waals surface area contributed by atoms with Gasteiger partial charge in [0.1, 0.15) is 11.1 Å². The van der Waals surface area contributed by atoms with Gasteiger partial charge >= 0.3 is 0 Å². The van der Waals surface area contributed by atoms with E-state index < -0.39 is 5.38 Å². The minimum Gasteiger partial charge on any atom is -0.494 e. The van der Waals surface area contributed by atoms with E-state index in [1.54, 1.807) is 11.9 Å². The molecular weight excluding hydrogens is 330 g/mol. The quantitative estimate of drug-likeness (QED) is 0.783. The first-order valence-electron chi connectivity index (χ1n) is 6.09. The van der Waals surface area contributed by atoms with Gasteiger partial charge in [0.05, 0.1) is 6.61 Å². The first kappa shape index (κ1) is 14.4. The average Bonchev–Trinajstić information content (AvgIpc) is 2.38. The van der Waals surface area contributed by atoms with Gasteiger partial charge in [-0.2, -0.15) is 0 Å². The summed E-state index contributed by atoms with van der Waals surface area (Å²) in [7, 11) is 1.74. The molecule has 0 fully saturated rings. The lowest BCUT2D eigenvalue weighted by molar-refractivity contribution is -0.126. The van der Waals surface area contributed by atoms with Crippen LogP contribution in [0.15, 0.2) is 28.7 Å². The second-order valence-corrected chi connectivity index (χ2v) is 5.65. The van der Waals surface area contributed by atoms with Crippen LogP contribution in [0.4, 0.5) is 0 Å². The van der Waals surface area contributed by atoms with Gasteiger partial charge in [-0.15, -0.1) is 11.6 Å². The summed E-state index contributed by atoms with van der Waals surface area (Å²) in [6.45, 7) is 2.57. The Morgan fingerprint density at radius 3 is 2.89 bits per heavy atom. The average molecular weight is 345 g/mol. The summed E-state index contributed by atoms with van der Waals surface area (Å²) in [5.41, 5.74) is 1.83. The molecule has 0 aliphatic carbocycles. The molecule has 1 unspecified atom stereocenters. The Bertz CT molecular complexity index is 530. The summed E-state index contributed by atoms with van der Waals surface area (Å²) in [6, 6.07) is 5.75. The van der Waals surface area contributed by atoms with Crippen molar-refractivity contribution in [2.45, 2.75) is 18.7 Å². The van der Waals surface area contributed by atoms with E-state index in [-0.39, 0.29) is 5.91 Å². The fourth-order valence-corrected chi connectivity index (χ4v) is 2.83. The van der Waals surface area contributed by atoms with Crippen molar-refractivity contribution >= 4 is 39.1 Å². The van der Waals surface area contributed by atoms with Crippen LogP contribution in [0.3, 0.4) is 0 Å². The van der Waals surface area contributed by atoms with Crippen molar-refractivity contribution in [1.29, 1.82) is 0 Å². The zero-order valence-electron chi connectivity index (χ0n) is 10.8.